The quantitative estimate of drug-likeness (QED) is 0.557. The van der Waals surface area contributed by atoms with E-state index in [1.54, 1.807) is 31.5 Å². The predicted octanol–water partition coefficient (Wildman–Crippen LogP) is 0.906. The number of esters is 1. The van der Waals surface area contributed by atoms with Crippen LogP contribution in [0.15, 0.2) is 27.8 Å². The zero-order valence-corrected chi connectivity index (χ0v) is 21.5. The summed E-state index contributed by atoms with van der Waals surface area (Å²) in [6.45, 7) is 2.32. The Bertz CT molecular complexity index is 1210. The minimum absolute atomic E-state index is 0.0937. The van der Waals surface area contributed by atoms with Crippen molar-refractivity contribution in [1.82, 2.24) is 24.3 Å². The van der Waals surface area contributed by atoms with Gasteiger partial charge in [-0.2, -0.15) is 5.10 Å². The van der Waals surface area contributed by atoms with E-state index in [1.165, 1.54) is 27.7 Å². The van der Waals surface area contributed by atoms with Gasteiger partial charge in [0.25, 0.3) is 5.91 Å². The highest BCUT2D eigenvalue weighted by Gasteiger charge is 2.44. The van der Waals surface area contributed by atoms with Gasteiger partial charge in [-0.15, -0.1) is 11.3 Å². The van der Waals surface area contributed by atoms with Crippen molar-refractivity contribution in [1.29, 1.82) is 0 Å². The van der Waals surface area contributed by atoms with Crippen LogP contribution in [-0.4, -0.2) is 84.1 Å². The summed E-state index contributed by atoms with van der Waals surface area (Å²) >= 11 is 1.11. The van der Waals surface area contributed by atoms with Crippen LogP contribution in [0.25, 0.3) is 0 Å². The highest BCUT2D eigenvalue weighted by molar-refractivity contribution is 7.91. The molecule has 190 valence electrons. The molecule has 0 saturated carbocycles. The van der Waals surface area contributed by atoms with Gasteiger partial charge in [-0.3, -0.25) is 14.3 Å². The number of amides is 2. The summed E-state index contributed by atoms with van der Waals surface area (Å²) in [6, 6.07) is 2.63. The molecule has 0 bridgehead atoms. The van der Waals surface area contributed by atoms with Crippen molar-refractivity contribution in [3.63, 3.8) is 0 Å². The summed E-state index contributed by atoms with van der Waals surface area (Å²) in [5, 5.41) is 5.91. The van der Waals surface area contributed by atoms with Crippen molar-refractivity contribution in [2.45, 2.75) is 54.9 Å². The van der Waals surface area contributed by atoms with Gasteiger partial charge in [0, 0.05) is 26.2 Å². The second kappa shape index (κ2) is 10.1. The maximum atomic E-state index is 13.7. The Morgan fingerprint density at radius 2 is 1.94 bits per heavy atom. The molecule has 2 aliphatic rings. The van der Waals surface area contributed by atoms with Crippen LogP contribution in [0, 0.1) is 6.92 Å². The molecule has 2 aliphatic heterocycles. The van der Waals surface area contributed by atoms with E-state index in [-0.39, 0.29) is 29.0 Å². The van der Waals surface area contributed by atoms with Crippen LogP contribution < -0.4 is 4.72 Å². The normalized spacial score (nSPS) is 22.9. The number of carbonyl (C=O) groups excluding carboxylic acids is 3. The molecule has 0 radical (unpaired) electrons. The Kier molecular flexibility index (Phi) is 7.29. The lowest BCUT2D eigenvalue weighted by molar-refractivity contribution is -0.153. The van der Waals surface area contributed by atoms with Crippen LogP contribution in [0.3, 0.4) is 0 Å². The fraction of sp³-hybridized carbons (Fsp3) is 0.545. The first-order valence-electron chi connectivity index (χ1n) is 11.4. The van der Waals surface area contributed by atoms with Gasteiger partial charge < -0.3 is 14.5 Å². The second-order valence-electron chi connectivity index (χ2n) is 8.80. The molecule has 0 unspecified atom stereocenters. The summed E-state index contributed by atoms with van der Waals surface area (Å²) in [7, 11) is -0.817. The first kappa shape index (κ1) is 25.3. The lowest BCUT2D eigenvalue weighted by Gasteiger charge is -2.40. The molecule has 13 heteroatoms. The highest BCUT2D eigenvalue weighted by Crippen LogP contribution is 2.28. The molecule has 3 atom stereocenters. The Labute approximate surface area is 208 Å². The Morgan fingerprint density at radius 3 is 2.57 bits per heavy atom. The van der Waals surface area contributed by atoms with E-state index in [0.29, 0.717) is 37.2 Å². The van der Waals surface area contributed by atoms with E-state index >= 15 is 0 Å². The Hall–Kier alpha value is -2.77. The smallest absolute Gasteiger partial charge is 0.328 e. The first-order valence-corrected chi connectivity index (χ1v) is 13.7. The van der Waals surface area contributed by atoms with Crippen molar-refractivity contribution < 1.29 is 27.5 Å². The number of hydrogen-bond acceptors (Lipinski definition) is 8. The molecule has 0 aromatic carbocycles. The largest absolute Gasteiger partial charge is 0.467 e. The third kappa shape index (κ3) is 5.11. The average molecular weight is 524 g/mol. The summed E-state index contributed by atoms with van der Waals surface area (Å²) in [5.41, 5.74) is 1.01. The summed E-state index contributed by atoms with van der Waals surface area (Å²) in [4.78, 5) is 42.4. The molecule has 2 aromatic heterocycles. The Balaban J connectivity index is 1.61. The standard InChI is InChI=1S/C22H29N5O6S2/c1-14-12-17(25(2)23-14)20(28)27-10-8-15(24-35(31,32)19-7-5-11-34-19)13-18(27)21(29)26-9-4-6-16(26)22(30)33-3/h5,7,11-12,15-16,18,24H,4,6,8-10,13H2,1-3H3/t15-,16+,18-/m0/s1. The van der Waals surface area contributed by atoms with Crippen molar-refractivity contribution in [3.05, 3.63) is 35.0 Å². The van der Waals surface area contributed by atoms with E-state index < -0.39 is 34.1 Å². The highest BCUT2D eigenvalue weighted by atomic mass is 32.2. The zero-order chi connectivity index (χ0) is 25.3. The Morgan fingerprint density at radius 1 is 1.17 bits per heavy atom. The number of thiophene rings is 1. The SMILES string of the molecule is COC(=O)[C@H]1CCCN1C(=O)[C@@H]1C[C@@H](NS(=O)(=O)c2cccs2)CCN1C(=O)c1cc(C)nn1C. The third-order valence-electron chi connectivity index (χ3n) is 6.46. The van der Waals surface area contributed by atoms with Crippen molar-refractivity contribution in [2.75, 3.05) is 20.2 Å². The van der Waals surface area contributed by atoms with Gasteiger partial charge in [0.1, 0.15) is 22.0 Å². The van der Waals surface area contributed by atoms with Gasteiger partial charge >= 0.3 is 5.97 Å². The molecule has 0 spiro atoms. The van der Waals surface area contributed by atoms with Gasteiger partial charge in [-0.05, 0) is 50.1 Å². The number of nitrogens with one attached hydrogen (secondary N) is 1. The van der Waals surface area contributed by atoms with Gasteiger partial charge in [0.15, 0.2) is 0 Å². The molecule has 2 amide bonds. The fourth-order valence-corrected chi connectivity index (χ4v) is 7.10. The maximum absolute atomic E-state index is 13.7. The number of likely N-dealkylation sites (tertiary alicyclic amines) is 2. The topological polar surface area (TPSA) is 131 Å². The molecular weight excluding hydrogens is 494 g/mol. The summed E-state index contributed by atoms with van der Waals surface area (Å²) in [5.74, 6) is -1.24. The van der Waals surface area contributed by atoms with Crippen LogP contribution in [-0.2, 0) is 31.4 Å². The van der Waals surface area contributed by atoms with E-state index in [4.69, 9.17) is 4.74 Å². The number of hydrogen-bond donors (Lipinski definition) is 1. The van der Waals surface area contributed by atoms with Crippen LogP contribution >= 0.6 is 11.3 Å². The van der Waals surface area contributed by atoms with Crippen molar-refractivity contribution >= 4 is 39.1 Å². The molecule has 2 fully saturated rings. The molecular formula is C22H29N5O6S2. The van der Waals surface area contributed by atoms with Gasteiger partial charge in [-0.1, -0.05) is 6.07 Å². The molecule has 4 heterocycles. The van der Waals surface area contributed by atoms with E-state index in [1.807, 2.05) is 0 Å². The lowest BCUT2D eigenvalue weighted by Crippen LogP contribution is -2.59. The molecule has 35 heavy (non-hydrogen) atoms. The second-order valence-corrected chi connectivity index (χ2v) is 11.7. The minimum Gasteiger partial charge on any atom is -0.467 e. The molecule has 0 aliphatic carbocycles. The molecule has 4 rings (SSSR count). The molecule has 2 aromatic rings. The van der Waals surface area contributed by atoms with Crippen LogP contribution in [0.5, 0.6) is 0 Å². The number of nitrogens with zero attached hydrogens (tertiary/aromatic N) is 4. The molecule has 2 saturated heterocycles. The summed E-state index contributed by atoms with van der Waals surface area (Å²) < 4.78 is 34.9. The van der Waals surface area contributed by atoms with Crippen molar-refractivity contribution in [2.24, 2.45) is 7.05 Å². The van der Waals surface area contributed by atoms with E-state index in [0.717, 1.165) is 11.3 Å². The minimum atomic E-state index is -3.75. The van der Waals surface area contributed by atoms with Crippen LogP contribution in [0.4, 0.5) is 0 Å². The summed E-state index contributed by atoms with van der Waals surface area (Å²) in [6.07, 6.45) is 1.56. The zero-order valence-electron chi connectivity index (χ0n) is 19.8. The number of piperidine rings is 1. The number of rotatable bonds is 6. The lowest BCUT2D eigenvalue weighted by atomic mass is 9.96. The maximum Gasteiger partial charge on any atom is 0.328 e. The predicted molar refractivity (Wildman–Crippen MR) is 127 cm³/mol. The number of sulfonamides is 1. The van der Waals surface area contributed by atoms with Crippen LogP contribution in [0.1, 0.15) is 41.9 Å². The number of ether oxygens (including phenoxy) is 1. The molecule has 11 nitrogen and oxygen atoms in total. The number of methoxy groups -OCH3 is 1. The first-order chi connectivity index (χ1) is 16.6. The van der Waals surface area contributed by atoms with E-state index in [2.05, 4.69) is 9.82 Å². The third-order valence-corrected chi connectivity index (χ3v) is 9.38. The van der Waals surface area contributed by atoms with Crippen molar-refractivity contribution in [3.8, 4) is 0 Å². The fourth-order valence-electron chi connectivity index (χ4n) is 4.80. The van der Waals surface area contributed by atoms with Crippen LogP contribution in [0.2, 0.25) is 0 Å². The number of aryl methyl sites for hydroxylation is 2. The molecule has 1 N–H and O–H groups in total. The van der Waals surface area contributed by atoms with Gasteiger partial charge in [0.2, 0.25) is 15.9 Å². The van der Waals surface area contributed by atoms with Gasteiger partial charge in [-0.25, -0.2) is 17.9 Å². The van der Waals surface area contributed by atoms with Gasteiger partial charge in [0.05, 0.1) is 12.8 Å². The average Bonchev–Trinajstić information content (AvgIpc) is 3.58. The number of carbonyl (C=O) groups is 3. The van der Waals surface area contributed by atoms with E-state index in [9.17, 15) is 22.8 Å². The monoisotopic (exact) mass is 523 g/mol. The number of aromatic nitrogens is 2.